The highest BCUT2D eigenvalue weighted by atomic mass is 35.5. The summed E-state index contributed by atoms with van der Waals surface area (Å²) in [7, 11) is -4.29. The Morgan fingerprint density at radius 2 is 1.67 bits per heavy atom. The Balaban J connectivity index is 1.70. The van der Waals surface area contributed by atoms with Gasteiger partial charge < -0.3 is 15.3 Å². The summed E-state index contributed by atoms with van der Waals surface area (Å²) in [6.07, 6.45) is 2.61. The number of rotatable bonds is 8. The molecule has 12 heteroatoms. The number of carboxylic acids is 1. The molecule has 1 saturated carbocycles. The first-order chi connectivity index (χ1) is 18.5. The highest BCUT2D eigenvalue weighted by Crippen LogP contribution is 2.32. The highest BCUT2D eigenvalue weighted by molar-refractivity contribution is 7.89. The predicted octanol–water partition coefficient (Wildman–Crippen LogP) is 4.31. The average molecular weight is 597 g/mol. The molecule has 2 unspecified atom stereocenters. The quantitative estimate of drug-likeness (QED) is 0.468. The molecule has 2 aromatic carbocycles. The van der Waals surface area contributed by atoms with E-state index in [4.69, 9.17) is 23.2 Å². The van der Waals surface area contributed by atoms with Crippen LogP contribution in [0.2, 0.25) is 10.0 Å². The summed E-state index contributed by atoms with van der Waals surface area (Å²) in [5.41, 5.74) is 1.25. The SMILES string of the molecule is Cc1ccc(C(=O)N2CCN(S(=O)(=O)c3ccc(Cl)c(Cl)c3)C2C(=O)NC(CC(=O)O)C2CCCCC2)cc1. The summed E-state index contributed by atoms with van der Waals surface area (Å²) in [5, 5.41) is 12.6. The Morgan fingerprint density at radius 1 is 1.00 bits per heavy atom. The summed E-state index contributed by atoms with van der Waals surface area (Å²) >= 11 is 12.1. The van der Waals surface area contributed by atoms with E-state index >= 15 is 0 Å². The fourth-order valence-corrected chi connectivity index (χ4v) is 7.23. The van der Waals surface area contributed by atoms with Crippen LogP contribution in [0.25, 0.3) is 0 Å². The number of carbonyl (C=O) groups is 3. The Hall–Kier alpha value is -2.66. The van der Waals surface area contributed by atoms with Gasteiger partial charge in [-0.15, -0.1) is 0 Å². The minimum atomic E-state index is -4.29. The van der Waals surface area contributed by atoms with Gasteiger partial charge in [-0.05, 0) is 56.0 Å². The molecule has 1 aliphatic heterocycles. The molecule has 210 valence electrons. The van der Waals surface area contributed by atoms with Crippen molar-refractivity contribution < 1.29 is 27.9 Å². The summed E-state index contributed by atoms with van der Waals surface area (Å²) < 4.78 is 28.4. The van der Waals surface area contributed by atoms with Crippen molar-refractivity contribution in [2.75, 3.05) is 13.1 Å². The van der Waals surface area contributed by atoms with Crippen molar-refractivity contribution in [2.24, 2.45) is 5.92 Å². The van der Waals surface area contributed by atoms with Crippen LogP contribution in [-0.2, 0) is 19.6 Å². The number of carboxylic acid groups (broad SMARTS) is 1. The van der Waals surface area contributed by atoms with E-state index in [1.54, 1.807) is 24.3 Å². The van der Waals surface area contributed by atoms with Crippen molar-refractivity contribution in [3.05, 3.63) is 63.6 Å². The molecule has 1 saturated heterocycles. The zero-order valence-corrected chi connectivity index (χ0v) is 23.8. The first-order valence-corrected chi connectivity index (χ1v) is 15.1. The van der Waals surface area contributed by atoms with Crippen LogP contribution in [0.4, 0.5) is 0 Å². The van der Waals surface area contributed by atoms with Crippen molar-refractivity contribution >= 4 is 51.0 Å². The van der Waals surface area contributed by atoms with Gasteiger partial charge in [0, 0.05) is 24.7 Å². The lowest BCUT2D eigenvalue weighted by Gasteiger charge is -2.34. The van der Waals surface area contributed by atoms with E-state index in [0.717, 1.165) is 42.0 Å². The fourth-order valence-electron chi connectivity index (χ4n) is 5.30. The molecule has 2 N–H and O–H groups in total. The monoisotopic (exact) mass is 595 g/mol. The highest BCUT2D eigenvalue weighted by Gasteiger charge is 2.47. The molecule has 2 aliphatic rings. The molecule has 2 atom stereocenters. The molecular formula is C27H31Cl2N3O6S. The zero-order chi connectivity index (χ0) is 28.3. The standard InChI is InChI=1S/C27H31Cl2N3O6S/c1-17-7-9-19(10-8-17)27(36)31-13-14-32(39(37,38)20-11-12-21(28)22(29)15-20)26(31)25(35)30-23(16-24(33)34)18-5-3-2-4-6-18/h7-12,15,18,23,26H,2-6,13-14,16H2,1H3,(H,30,35)(H,33,34). The summed E-state index contributed by atoms with van der Waals surface area (Å²) in [5.74, 6) is -2.37. The van der Waals surface area contributed by atoms with Crippen molar-refractivity contribution in [3.8, 4) is 0 Å². The normalized spacial score (nSPS) is 19.6. The molecule has 4 rings (SSSR count). The lowest BCUT2D eigenvalue weighted by atomic mass is 9.82. The van der Waals surface area contributed by atoms with E-state index in [1.165, 1.54) is 23.1 Å². The van der Waals surface area contributed by atoms with Gasteiger partial charge in [0.1, 0.15) is 0 Å². The summed E-state index contributed by atoms with van der Waals surface area (Å²) in [6, 6.07) is 9.91. The number of benzene rings is 2. The van der Waals surface area contributed by atoms with Crippen LogP contribution in [0.3, 0.4) is 0 Å². The Labute approximate surface area is 238 Å². The maximum atomic E-state index is 13.8. The van der Waals surface area contributed by atoms with E-state index in [1.807, 2.05) is 6.92 Å². The molecule has 0 aromatic heterocycles. The molecule has 9 nitrogen and oxygen atoms in total. The van der Waals surface area contributed by atoms with Gasteiger partial charge in [-0.25, -0.2) is 8.42 Å². The number of hydrogen-bond acceptors (Lipinski definition) is 5. The Morgan fingerprint density at radius 3 is 2.28 bits per heavy atom. The molecule has 0 radical (unpaired) electrons. The Kier molecular flexibility index (Phi) is 9.21. The fraction of sp³-hybridized carbons (Fsp3) is 0.444. The molecular weight excluding hydrogens is 565 g/mol. The molecule has 39 heavy (non-hydrogen) atoms. The maximum absolute atomic E-state index is 13.8. The smallest absolute Gasteiger partial charge is 0.305 e. The molecule has 0 bridgehead atoms. The van der Waals surface area contributed by atoms with Crippen LogP contribution in [0.5, 0.6) is 0 Å². The van der Waals surface area contributed by atoms with Crippen LogP contribution in [0.15, 0.2) is 47.4 Å². The van der Waals surface area contributed by atoms with E-state index < -0.39 is 40.0 Å². The number of carbonyl (C=O) groups excluding carboxylic acids is 2. The van der Waals surface area contributed by atoms with Gasteiger partial charge in [0.25, 0.3) is 11.8 Å². The maximum Gasteiger partial charge on any atom is 0.305 e. The minimum absolute atomic E-state index is 0.0294. The number of sulfonamides is 1. The number of halogens is 2. The molecule has 2 aromatic rings. The van der Waals surface area contributed by atoms with Crippen LogP contribution in [0, 0.1) is 12.8 Å². The third-order valence-corrected chi connectivity index (χ3v) is 9.95. The second kappa shape index (κ2) is 12.2. The van der Waals surface area contributed by atoms with Crippen LogP contribution in [-0.4, -0.2) is 65.8 Å². The van der Waals surface area contributed by atoms with Gasteiger partial charge in [-0.3, -0.25) is 14.4 Å². The first-order valence-electron chi connectivity index (χ1n) is 12.9. The summed E-state index contributed by atoms with van der Waals surface area (Å²) in [4.78, 5) is 40.1. The van der Waals surface area contributed by atoms with Crippen molar-refractivity contribution in [2.45, 2.75) is 62.6 Å². The molecule has 2 fully saturated rings. The van der Waals surface area contributed by atoms with Crippen molar-refractivity contribution in [1.82, 2.24) is 14.5 Å². The van der Waals surface area contributed by atoms with Gasteiger partial charge in [-0.2, -0.15) is 4.31 Å². The van der Waals surface area contributed by atoms with Gasteiger partial charge >= 0.3 is 5.97 Å². The average Bonchev–Trinajstić information content (AvgIpc) is 3.36. The lowest BCUT2D eigenvalue weighted by molar-refractivity contribution is -0.138. The Bertz CT molecular complexity index is 1350. The minimum Gasteiger partial charge on any atom is -0.481 e. The molecule has 1 aliphatic carbocycles. The second-order valence-electron chi connectivity index (χ2n) is 10.0. The van der Waals surface area contributed by atoms with Crippen LogP contribution < -0.4 is 5.32 Å². The van der Waals surface area contributed by atoms with Crippen LogP contribution >= 0.6 is 23.2 Å². The number of hydrogen-bond donors (Lipinski definition) is 2. The lowest BCUT2D eigenvalue weighted by Crippen LogP contribution is -2.56. The van der Waals surface area contributed by atoms with E-state index in [2.05, 4.69) is 5.32 Å². The molecule has 1 heterocycles. The van der Waals surface area contributed by atoms with Gasteiger partial charge in [0.2, 0.25) is 10.0 Å². The van der Waals surface area contributed by atoms with Crippen molar-refractivity contribution in [3.63, 3.8) is 0 Å². The van der Waals surface area contributed by atoms with Crippen molar-refractivity contribution in [1.29, 1.82) is 0 Å². The largest absolute Gasteiger partial charge is 0.481 e. The van der Waals surface area contributed by atoms with E-state index in [9.17, 15) is 27.9 Å². The number of nitrogens with one attached hydrogen (secondary N) is 1. The second-order valence-corrected chi connectivity index (χ2v) is 12.7. The molecule has 2 amide bonds. The number of aryl methyl sites for hydroxylation is 1. The van der Waals surface area contributed by atoms with E-state index in [0.29, 0.717) is 5.56 Å². The molecule has 0 spiro atoms. The third kappa shape index (κ3) is 6.57. The summed E-state index contributed by atoms with van der Waals surface area (Å²) in [6.45, 7) is 1.71. The number of nitrogens with zero attached hydrogens (tertiary/aromatic N) is 2. The first kappa shape index (κ1) is 29.3. The number of aliphatic carboxylic acids is 1. The predicted molar refractivity (Wildman–Crippen MR) is 147 cm³/mol. The number of amides is 2. The van der Waals surface area contributed by atoms with E-state index in [-0.39, 0.29) is 40.4 Å². The van der Waals surface area contributed by atoms with Gasteiger partial charge in [-0.1, -0.05) is 60.2 Å². The van der Waals surface area contributed by atoms with Gasteiger partial charge in [0.05, 0.1) is 21.4 Å². The van der Waals surface area contributed by atoms with Crippen LogP contribution in [0.1, 0.15) is 54.4 Å². The zero-order valence-electron chi connectivity index (χ0n) is 21.5. The van der Waals surface area contributed by atoms with Gasteiger partial charge in [0.15, 0.2) is 6.17 Å². The topological polar surface area (TPSA) is 124 Å². The third-order valence-electron chi connectivity index (χ3n) is 7.36.